The van der Waals surface area contributed by atoms with Crippen LogP contribution in [0.2, 0.25) is 0 Å². The zero-order valence-corrected chi connectivity index (χ0v) is 18.5. The average Bonchev–Trinajstić information content (AvgIpc) is 3.31. The summed E-state index contributed by atoms with van der Waals surface area (Å²) in [4.78, 5) is 18.0. The molecule has 4 aromatic rings. The van der Waals surface area contributed by atoms with E-state index in [0.29, 0.717) is 23.9 Å². The third-order valence-electron chi connectivity index (χ3n) is 4.66. The lowest BCUT2D eigenvalue weighted by molar-refractivity contribution is 0.0946. The maximum Gasteiger partial charge on any atom is 0.251 e. The quantitative estimate of drug-likeness (QED) is 0.284. The number of ether oxygens (including phenoxy) is 1. The number of carbonyl (C=O) groups is 1. The number of carbonyl (C=O) groups excluding carboxylic acids is 1. The lowest BCUT2D eigenvalue weighted by Gasteiger charge is -2.07. The second kappa shape index (κ2) is 10.6. The van der Waals surface area contributed by atoms with Gasteiger partial charge in [-0.15, -0.1) is 11.8 Å². The highest BCUT2D eigenvalue weighted by Gasteiger charge is 2.11. The maximum absolute atomic E-state index is 12.4. The highest BCUT2D eigenvalue weighted by atomic mass is 32.2. The Hall–Kier alpha value is -3.58. The lowest BCUT2D eigenvalue weighted by Crippen LogP contribution is -2.22. The van der Waals surface area contributed by atoms with E-state index in [-0.39, 0.29) is 12.5 Å². The highest BCUT2D eigenvalue weighted by molar-refractivity contribution is 7.99. The predicted molar refractivity (Wildman–Crippen MR) is 125 cm³/mol. The van der Waals surface area contributed by atoms with Gasteiger partial charge in [-0.1, -0.05) is 53.2 Å². The first-order chi connectivity index (χ1) is 15.7. The fourth-order valence-electron chi connectivity index (χ4n) is 2.94. The Kier molecular flexibility index (Phi) is 7.19. The smallest absolute Gasteiger partial charge is 0.251 e. The fraction of sp³-hybridized carbons (Fsp3) is 0.160. The molecule has 1 amide bonds. The molecular formula is C25H23N3O3S. The second-order valence-corrected chi connectivity index (χ2v) is 8.26. The minimum Gasteiger partial charge on any atom is -0.493 e. The predicted octanol–water partition coefficient (Wildman–Crippen LogP) is 5.15. The van der Waals surface area contributed by atoms with Crippen molar-refractivity contribution in [3.8, 4) is 17.1 Å². The standard InChI is InChI=1S/C25H23N3O3S/c1-18-7-9-19(10-8-18)24-27-23(31-28-24)17-26-25(29)20-11-13-21(14-12-20)30-15-16-32-22-5-3-2-4-6-22/h2-14H,15-17H2,1H3,(H,26,29). The summed E-state index contributed by atoms with van der Waals surface area (Å²) in [6.45, 7) is 2.77. The first-order valence-corrected chi connectivity index (χ1v) is 11.2. The number of rotatable bonds is 9. The monoisotopic (exact) mass is 445 g/mol. The highest BCUT2D eigenvalue weighted by Crippen LogP contribution is 2.18. The van der Waals surface area contributed by atoms with Crippen LogP contribution >= 0.6 is 11.8 Å². The topological polar surface area (TPSA) is 77.2 Å². The molecule has 0 aliphatic carbocycles. The van der Waals surface area contributed by atoms with Crippen molar-refractivity contribution in [3.05, 3.63) is 95.9 Å². The van der Waals surface area contributed by atoms with Crippen LogP contribution in [0.4, 0.5) is 0 Å². The Morgan fingerprint density at radius 1 is 1.00 bits per heavy atom. The van der Waals surface area contributed by atoms with Gasteiger partial charge in [0.25, 0.3) is 5.91 Å². The van der Waals surface area contributed by atoms with Crippen LogP contribution in [-0.4, -0.2) is 28.4 Å². The maximum atomic E-state index is 12.4. The normalized spacial score (nSPS) is 10.7. The molecule has 0 aliphatic heterocycles. The summed E-state index contributed by atoms with van der Waals surface area (Å²) in [5, 5.41) is 6.78. The fourth-order valence-corrected chi connectivity index (χ4v) is 3.69. The zero-order valence-electron chi connectivity index (χ0n) is 17.7. The van der Waals surface area contributed by atoms with Gasteiger partial charge in [-0.05, 0) is 43.3 Å². The summed E-state index contributed by atoms with van der Waals surface area (Å²) in [6.07, 6.45) is 0. The van der Waals surface area contributed by atoms with Gasteiger partial charge < -0.3 is 14.6 Å². The molecule has 1 aromatic heterocycles. The molecule has 0 saturated heterocycles. The number of benzene rings is 3. The molecular weight excluding hydrogens is 422 g/mol. The Labute approximate surface area is 191 Å². The van der Waals surface area contributed by atoms with Crippen molar-refractivity contribution in [1.29, 1.82) is 0 Å². The third kappa shape index (κ3) is 5.98. The van der Waals surface area contributed by atoms with Crippen LogP contribution in [0.5, 0.6) is 5.75 Å². The van der Waals surface area contributed by atoms with Crippen molar-refractivity contribution in [2.75, 3.05) is 12.4 Å². The zero-order chi connectivity index (χ0) is 22.2. The van der Waals surface area contributed by atoms with Gasteiger partial charge in [-0.3, -0.25) is 4.79 Å². The number of amides is 1. The van der Waals surface area contributed by atoms with Gasteiger partial charge in [-0.2, -0.15) is 4.98 Å². The molecule has 0 radical (unpaired) electrons. The van der Waals surface area contributed by atoms with E-state index in [4.69, 9.17) is 9.26 Å². The second-order valence-electron chi connectivity index (χ2n) is 7.09. The van der Waals surface area contributed by atoms with Gasteiger partial charge in [0.05, 0.1) is 13.2 Å². The molecule has 0 unspecified atom stereocenters. The van der Waals surface area contributed by atoms with E-state index in [1.807, 2.05) is 49.4 Å². The lowest BCUT2D eigenvalue weighted by atomic mass is 10.1. The minimum absolute atomic E-state index is 0.159. The summed E-state index contributed by atoms with van der Waals surface area (Å²) >= 11 is 1.74. The molecule has 162 valence electrons. The molecule has 32 heavy (non-hydrogen) atoms. The molecule has 0 fully saturated rings. The number of hydrogen-bond acceptors (Lipinski definition) is 6. The molecule has 3 aromatic carbocycles. The van der Waals surface area contributed by atoms with E-state index in [1.54, 1.807) is 36.0 Å². The van der Waals surface area contributed by atoms with Crippen LogP contribution in [0.25, 0.3) is 11.4 Å². The van der Waals surface area contributed by atoms with Gasteiger partial charge in [-0.25, -0.2) is 0 Å². The molecule has 1 heterocycles. The van der Waals surface area contributed by atoms with Crippen LogP contribution in [0, 0.1) is 6.92 Å². The summed E-state index contributed by atoms with van der Waals surface area (Å²) in [5.41, 5.74) is 2.57. The molecule has 4 rings (SSSR count). The Morgan fingerprint density at radius 3 is 2.50 bits per heavy atom. The van der Waals surface area contributed by atoms with Crippen LogP contribution < -0.4 is 10.1 Å². The van der Waals surface area contributed by atoms with E-state index in [1.165, 1.54) is 4.90 Å². The van der Waals surface area contributed by atoms with E-state index >= 15 is 0 Å². The molecule has 6 nitrogen and oxygen atoms in total. The first-order valence-electron chi connectivity index (χ1n) is 10.3. The Morgan fingerprint density at radius 2 is 1.75 bits per heavy atom. The molecule has 0 bridgehead atoms. The van der Waals surface area contributed by atoms with E-state index in [2.05, 4.69) is 27.6 Å². The number of nitrogens with zero attached hydrogens (tertiary/aromatic N) is 2. The SMILES string of the molecule is Cc1ccc(-c2noc(CNC(=O)c3ccc(OCCSc4ccccc4)cc3)n2)cc1. The van der Waals surface area contributed by atoms with Gasteiger partial charge in [0.2, 0.25) is 11.7 Å². The molecule has 0 aliphatic rings. The molecule has 0 spiro atoms. The number of aryl methyl sites for hydroxylation is 1. The van der Waals surface area contributed by atoms with E-state index in [9.17, 15) is 4.79 Å². The van der Waals surface area contributed by atoms with Gasteiger partial charge in [0.1, 0.15) is 5.75 Å². The Balaban J connectivity index is 1.23. The van der Waals surface area contributed by atoms with Crippen molar-refractivity contribution >= 4 is 17.7 Å². The summed E-state index contributed by atoms with van der Waals surface area (Å²) in [6, 6.07) is 25.1. The average molecular weight is 446 g/mol. The van der Waals surface area contributed by atoms with Crippen LogP contribution in [0.3, 0.4) is 0 Å². The van der Waals surface area contributed by atoms with Crippen molar-refractivity contribution < 1.29 is 14.1 Å². The molecule has 7 heteroatoms. The van der Waals surface area contributed by atoms with Crippen LogP contribution in [0.15, 0.2) is 88.3 Å². The van der Waals surface area contributed by atoms with Gasteiger partial charge in [0.15, 0.2) is 0 Å². The molecule has 1 N–H and O–H groups in total. The largest absolute Gasteiger partial charge is 0.493 e. The van der Waals surface area contributed by atoms with Crippen molar-refractivity contribution in [1.82, 2.24) is 15.5 Å². The van der Waals surface area contributed by atoms with Gasteiger partial charge >= 0.3 is 0 Å². The minimum atomic E-state index is -0.216. The molecule has 0 atom stereocenters. The Bertz CT molecular complexity index is 1140. The van der Waals surface area contributed by atoms with Gasteiger partial charge in [0, 0.05) is 21.8 Å². The van der Waals surface area contributed by atoms with Crippen molar-refractivity contribution in [3.63, 3.8) is 0 Å². The van der Waals surface area contributed by atoms with Crippen LogP contribution in [0.1, 0.15) is 21.8 Å². The number of thioether (sulfide) groups is 1. The summed E-state index contributed by atoms with van der Waals surface area (Å²) in [5.74, 6) is 2.22. The third-order valence-corrected chi connectivity index (χ3v) is 5.63. The van der Waals surface area contributed by atoms with Crippen molar-refractivity contribution in [2.24, 2.45) is 0 Å². The van der Waals surface area contributed by atoms with E-state index < -0.39 is 0 Å². The number of nitrogens with one attached hydrogen (secondary N) is 1. The molecule has 0 saturated carbocycles. The number of hydrogen-bond donors (Lipinski definition) is 1. The van der Waals surface area contributed by atoms with Crippen molar-refractivity contribution in [2.45, 2.75) is 18.4 Å². The van der Waals surface area contributed by atoms with E-state index in [0.717, 1.165) is 22.6 Å². The summed E-state index contributed by atoms with van der Waals surface area (Å²) < 4.78 is 11.0. The van der Waals surface area contributed by atoms with Crippen LogP contribution in [-0.2, 0) is 6.54 Å². The number of aromatic nitrogens is 2. The summed E-state index contributed by atoms with van der Waals surface area (Å²) in [7, 11) is 0. The first kappa shape index (κ1) is 21.6.